The standard InChI is InChI=1S/C15H17NO4/c17-9-13-6-3-4-8-19-11-20-10-12-5-1-2-7-14(12)15(18)16-13/h1-5,7,9,13H,6,8,10-11H2,(H,16,18)/t13-/m0/s1. The highest BCUT2D eigenvalue weighted by molar-refractivity contribution is 5.97. The molecule has 1 atom stereocenters. The zero-order valence-corrected chi connectivity index (χ0v) is 11.1. The van der Waals surface area contributed by atoms with Crippen molar-refractivity contribution in [1.29, 1.82) is 0 Å². The van der Waals surface area contributed by atoms with Crippen LogP contribution in [0.1, 0.15) is 22.3 Å². The average Bonchev–Trinajstić information content (AvgIpc) is 2.49. The summed E-state index contributed by atoms with van der Waals surface area (Å²) in [5.41, 5.74) is 1.29. The van der Waals surface area contributed by atoms with Crippen LogP contribution in [-0.4, -0.2) is 31.6 Å². The number of hydrogen-bond donors (Lipinski definition) is 1. The van der Waals surface area contributed by atoms with Crippen LogP contribution in [0.4, 0.5) is 0 Å². The lowest BCUT2D eigenvalue weighted by atomic mass is 10.1. The predicted molar refractivity (Wildman–Crippen MR) is 73.1 cm³/mol. The maximum absolute atomic E-state index is 12.2. The molecular formula is C15H17NO4. The third-order valence-corrected chi connectivity index (χ3v) is 2.94. The molecular weight excluding hydrogens is 258 g/mol. The molecule has 2 rings (SSSR count). The number of nitrogens with one attached hydrogen (secondary N) is 1. The minimum absolute atomic E-state index is 0.164. The molecule has 5 heteroatoms. The van der Waals surface area contributed by atoms with Gasteiger partial charge in [-0.3, -0.25) is 4.79 Å². The number of rotatable bonds is 1. The second-order valence-electron chi connectivity index (χ2n) is 4.42. The molecule has 1 amide bonds. The second kappa shape index (κ2) is 7.57. The van der Waals surface area contributed by atoms with Gasteiger partial charge in [-0.1, -0.05) is 30.4 Å². The quantitative estimate of drug-likeness (QED) is 0.622. The van der Waals surface area contributed by atoms with Crippen molar-refractivity contribution in [3.05, 3.63) is 47.5 Å². The average molecular weight is 275 g/mol. The summed E-state index contributed by atoms with van der Waals surface area (Å²) in [7, 11) is 0. The number of carbonyl (C=O) groups is 2. The number of benzene rings is 1. The van der Waals surface area contributed by atoms with Crippen LogP contribution in [0.3, 0.4) is 0 Å². The van der Waals surface area contributed by atoms with Gasteiger partial charge in [0.2, 0.25) is 0 Å². The Bertz CT molecular complexity index is 498. The van der Waals surface area contributed by atoms with E-state index in [9.17, 15) is 9.59 Å². The second-order valence-corrected chi connectivity index (χ2v) is 4.42. The van der Waals surface area contributed by atoms with E-state index in [4.69, 9.17) is 9.47 Å². The molecule has 1 aliphatic heterocycles. The van der Waals surface area contributed by atoms with Crippen molar-refractivity contribution in [3.8, 4) is 0 Å². The van der Waals surface area contributed by atoms with Gasteiger partial charge >= 0.3 is 0 Å². The first kappa shape index (κ1) is 14.4. The van der Waals surface area contributed by atoms with E-state index in [1.165, 1.54) is 0 Å². The molecule has 1 aliphatic rings. The Morgan fingerprint density at radius 2 is 2.05 bits per heavy atom. The number of ether oxygens (including phenoxy) is 2. The summed E-state index contributed by atoms with van der Waals surface area (Å²) in [4.78, 5) is 23.2. The van der Waals surface area contributed by atoms with E-state index in [0.29, 0.717) is 25.2 Å². The monoisotopic (exact) mass is 275 g/mol. The van der Waals surface area contributed by atoms with Gasteiger partial charge in [-0.05, 0) is 18.1 Å². The van der Waals surface area contributed by atoms with Crippen LogP contribution >= 0.6 is 0 Å². The molecule has 1 N–H and O–H groups in total. The van der Waals surface area contributed by atoms with Crippen LogP contribution in [0.15, 0.2) is 36.4 Å². The molecule has 0 radical (unpaired) electrons. The number of amides is 1. The fraction of sp³-hybridized carbons (Fsp3) is 0.333. The Balaban J connectivity index is 2.20. The van der Waals surface area contributed by atoms with E-state index >= 15 is 0 Å². The molecule has 1 aromatic carbocycles. The zero-order valence-electron chi connectivity index (χ0n) is 11.1. The van der Waals surface area contributed by atoms with E-state index in [0.717, 1.165) is 11.8 Å². The fourth-order valence-electron chi connectivity index (χ4n) is 1.90. The minimum atomic E-state index is -0.534. The summed E-state index contributed by atoms with van der Waals surface area (Å²) in [6.07, 6.45) is 4.80. The van der Waals surface area contributed by atoms with Crippen molar-refractivity contribution in [2.75, 3.05) is 13.4 Å². The van der Waals surface area contributed by atoms with Crippen LogP contribution < -0.4 is 5.32 Å². The van der Waals surface area contributed by atoms with Crippen LogP contribution in [0.25, 0.3) is 0 Å². The molecule has 0 aromatic heterocycles. The first-order chi connectivity index (χ1) is 9.81. The van der Waals surface area contributed by atoms with Crippen LogP contribution in [-0.2, 0) is 20.9 Å². The van der Waals surface area contributed by atoms with Crippen molar-refractivity contribution in [1.82, 2.24) is 5.32 Å². The topological polar surface area (TPSA) is 64.6 Å². The van der Waals surface area contributed by atoms with Gasteiger partial charge in [0.25, 0.3) is 5.91 Å². The Hall–Kier alpha value is -1.98. The van der Waals surface area contributed by atoms with E-state index in [2.05, 4.69) is 5.32 Å². The molecule has 20 heavy (non-hydrogen) atoms. The summed E-state index contributed by atoms with van der Waals surface area (Å²) in [6.45, 7) is 0.873. The zero-order chi connectivity index (χ0) is 14.2. The first-order valence-electron chi connectivity index (χ1n) is 6.46. The molecule has 0 aliphatic carbocycles. The maximum atomic E-state index is 12.2. The van der Waals surface area contributed by atoms with Crippen molar-refractivity contribution in [2.45, 2.75) is 19.1 Å². The van der Waals surface area contributed by atoms with Crippen LogP contribution in [0.5, 0.6) is 0 Å². The molecule has 0 unspecified atom stereocenters. The Kier molecular flexibility index (Phi) is 5.46. The lowest BCUT2D eigenvalue weighted by Crippen LogP contribution is -2.36. The van der Waals surface area contributed by atoms with Crippen molar-refractivity contribution in [3.63, 3.8) is 0 Å². The highest BCUT2D eigenvalue weighted by Gasteiger charge is 2.15. The molecule has 0 saturated carbocycles. The molecule has 1 aromatic rings. The van der Waals surface area contributed by atoms with Crippen molar-refractivity contribution in [2.24, 2.45) is 0 Å². The largest absolute Gasteiger partial charge is 0.351 e. The van der Waals surface area contributed by atoms with Gasteiger partial charge in [0.15, 0.2) is 0 Å². The van der Waals surface area contributed by atoms with Gasteiger partial charge < -0.3 is 19.6 Å². The smallest absolute Gasteiger partial charge is 0.252 e. The Labute approximate surface area is 117 Å². The van der Waals surface area contributed by atoms with Gasteiger partial charge in [0, 0.05) is 5.56 Å². The number of fused-ring (bicyclic) bond motifs is 1. The third kappa shape index (κ3) is 4.01. The minimum Gasteiger partial charge on any atom is -0.351 e. The molecule has 5 nitrogen and oxygen atoms in total. The number of aldehydes is 1. The van der Waals surface area contributed by atoms with Crippen LogP contribution in [0, 0.1) is 0 Å². The molecule has 0 bridgehead atoms. The third-order valence-electron chi connectivity index (χ3n) is 2.94. The predicted octanol–water partition coefficient (Wildman–Crippen LogP) is 1.43. The maximum Gasteiger partial charge on any atom is 0.252 e. The summed E-state index contributed by atoms with van der Waals surface area (Å²) in [6, 6.07) is 6.62. The van der Waals surface area contributed by atoms with E-state index in [1.807, 2.05) is 18.2 Å². The SMILES string of the molecule is O=C[C@@H]1CC=CCOCOCc2ccccc2C(=O)N1. The van der Waals surface area contributed by atoms with Gasteiger partial charge in [0.1, 0.15) is 13.1 Å². The molecule has 106 valence electrons. The highest BCUT2D eigenvalue weighted by Crippen LogP contribution is 2.11. The van der Waals surface area contributed by atoms with E-state index in [1.54, 1.807) is 18.2 Å². The van der Waals surface area contributed by atoms with Gasteiger partial charge in [-0.15, -0.1) is 0 Å². The van der Waals surface area contributed by atoms with Crippen LogP contribution in [0.2, 0.25) is 0 Å². The number of hydrogen-bond acceptors (Lipinski definition) is 4. The molecule has 1 heterocycles. The normalized spacial score (nSPS) is 20.8. The summed E-state index contributed by atoms with van der Waals surface area (Å²) in [5.74, 6) is -0.269. The van der Waals surface area contributed by atoms with Crippen molar-refractivity contribution >= 4 is 12.2 Å². The Morgan fingerprint density at radius 1 is 1.20 bits per heavy atom. The van der Waals surface area contributed by atoms with Gasteiger partial charge in [-0.2, -0.15) is 0 Å². The van der Waals surface area contributed by atoms with Gasteiger partial charge in [0.05, 0.1) is 19.3 Å². The summed E-state index contributed by atoms with van der Waals surface area (Å²) < 4.78 is 10.6. The molecule has 0 fully saturated rings. The first-order valence-corrected chi connectivity index (χ1v) is 6.46. The molecule has 0 spiro atoms. The van der Waals surface area contributed by atoms with Crippen molar-refractivity contribution < 1.29 is 19.1 Å². The number of carbonyl (C=O) groups excluding carboxylic acids is 2. The summed E-state index contributed by atoms with van der Waals surface area (Å²) in [5, 5.41) is 2.71. The van der Waals surface area contributed by atoms with Gasteiger partial charge in [-0.25, -0.2) is 0 Å². The molecule has 0 saturated heterocycles. The Morgan fingerprint density at radius 3 is 2.90 bits per heavy atom. The highest BCUT2D eigenvalue weighted by atomic mass is 16.7. The lowest BCUT2D eigenvalue weighted by molar-refractivity contribution is -0.109. The fourth-order valence-corrected chi connectivity index (χ4v) is 1.90. The van der Waals surface area contributed by atoms with E-state index < -0.39 is 6.04 Å². The lowest BCUT2D eigenvalue weighted by Gasteiger charge is -2.13. The summed E-state index contributed by atoms with van der Waals surface area (Å²) >= 11 is 0. The van der Waals surface area contributed by atoms with E-state index in [-0.39, 0.29) is 12.7 Å².